The highest BCUT2D eigenvalue weighted by Gasteiger charge is 2.05. The third-order valence-corrected chi connectivity index (χ3v) is 3.47. The summed E-state index contributed by atoms with van der Waals surface area (Å²) in [6, 6.07) is 15.0. The van der Waals surface area contributed by atoms with Crippen LogP contribution in [0.3, 0.4) is 0 Å². The van der Waals surface area contributed by atoms with E-state index < -0.39 is 0 Å². The Hall–Kier alpha value is -2.46. The van der Waals surface area contributed by atoms with Crippen LogP contribution in [-0.2, 0) is 13.1 Å². The fourth-order valence-corrected chi connectivity index (χ4v) is 2.30. The van der Waals surface area contributed by atoms with Gasteiger partial charge in [-0.25, -0.2) is 9.37 Å². The monoisotopic (exact) mass is 281 g/mol. The fourth-order valence-electron chi connectivity index (χ4n) is 2.30. The van der Waals surface area contributed by atoms with E-state index in [1.807, 2.05) is 36.4 Å². The van der Waals surface area contributed by atoms with E-state index in [-0.39, 0.29) is 5.82 Å². The van der Waals surface area contributed by atoms with Gasteiger partial charge in [-0.2, -0.15) is 0 Å². The van der Waals surface area contributed by atoms with Crippen molar-refractivity contribution in [2.75, 3.05) is 5.32 Å². The molecule has 0 aliphatic heterocycles. The van der Waals surface area contributed by atoms with E-state index in [4.69, 9.17) is 5.73 Å². The molecule has 2 aromatic carbocycles. The first-order valence-electron chi connectivity index (χ1n) is 6.83. The van der Waals surface area contributed by atoms with Gasteiger partial charge in [-0.05, 0) is 23.1 Å². The quantitative estimate of drug-likeness (QED) is 0.770. The molecule has 1 aromatic heterocycles. The van der Waals surface area contributed by atoms with Crippen LogP contribution in [0.5, 0.6) is 0 Å². The third-order valence-electron chi connectivity index (χ3n) is 3.47. The van der Waals surface area contributed by atoms with Crippen LogP contribution in [0, 0.1) is 5.82 Å². The zero-order chi connectivity index (χ0) is 14.7. The normalized spacial score (nSPS) is 10.8. The Balaban J connectivity index is 1.84. The van der Waals surface area contributed by atoms with Gasteiger partial charge in [0.25, 0.3) is 0 Å². The van der Waals surface area contributed by atoms with Gasteiger partial charge in [0.15, 0.2) is 0 Å². The van der Waals surface area contributed by atoms with Crippen molar-refractivity contribution in [1.82, 2.24) is 4.98 Å². The molecule has 1 heterocycles. The Labute approximate surface area is 122 Å². The molecule has 3 N–H and O–H groups in total. The molecule has 0 spiro atoms. The van der Waals surface area contributed by atoms with E-state index >= 15 is 0 Å². The second kappa shape index (κ2) is 5.89. The molecular formula is C17H16FN3. The van der Waals surface area contributed by atoms with E-state index in [1.54, 1.807) is 12.3 Å². The lowest BCUT2D eigenvalue weighted by Gasteiger charge is -2.10. The molecule has 0 aliphatic rings. The Kier molecular flexibility index (Phi) is 3.79. The van der Waals surface area contributed by atoms with E-state index in [2.05, 4.69) is 10.3 Å². The van der Waals surface area contributed by atoms with Gasteiger partial charge >= 0.3 is 0 Å². The Bertz CT molecular complexity index is 766. The predicted molar refractivity (Wildman–Crippen MR) is 83.4 cm³/mol. The highest BCUT2D eigenvalue weighted by Crippen LogP contribution is 2.21. The van der Waals surface area contributed by atoms with Crippen LogP contribution in [-0.4, -0.2) is 4.98 Å². The summed E-state index contributed by atoms with van der Waals surface area (Å²) < 4.78 is 13.9. The van der Waals surface area contributed by atoms with Gasteiger partial charge in [0, 0.05) is 30.2 Å². The zero-order valence-electron chi connectivity index (χ0n) is 11.5. The molecule has 0 amide bonds. The van der Waals surface area contributed by atoms with E-state index in [1.165, 1.54) is 6.07 Å². The van der Waals surface area contributed by atoms with Gasteiger partial charge < -0.3 is 11.1 Å². The van der Waals surface area contributed by atoms with Gasteiger partial charge in [0.05, 0.1) is 0 Å². The number of hydrogen-bond acceptors (Lipinski definition) is 3. The predicted octanol–water partition coefficient (Wildman–Crippen LogP) is 3.44. The summed E-state index contributed by atoms with van der Waals surface area (Å²) in [5.74, 6) is 0.515. The number of nitrogens with two attached hydrogens (primary N) is 1. The van der Waals surface area contributed by atoms with Gasteiger partial charge in [-0.3, -0.25) is 0 Å². The average molecular weight is 281 g/mol. The minimum atomic E-state index is -0.245. The summed E-state index contributed by atoms with van der Waals surface area (Å²) in [6.07, 6.45) is 1.75. The summed E-state index contributed by atoms with van der Waals surface area (Å²) in [7, 11) is 0. The number of hydrogen-bond donors (Lipinski definition) is 2. The second-order valence-electron chi connectivity index (χ2n) is 4.86. The number of aromatic nitrogens is 1. The number of halogens is 1. The maximum absolute atomic E-state index is 13.9. The van der Waals surface area contributed by atoms with Crippen molar-refractivity contribution in [3.63, 3.8) is 0 Å². The van der Waals surface area contributed by atoms with Crippen LogP contribution in [0.4, 0.5) is 10.2 Å². The number of nitrogens with one attached hydrogen (secondary N) is 1. The lowest BCUT2D eigenvalue weighted by molar-refractivity contribution is 0.610. The Morgan fingerprint density at radius 3 is 2.76 bits per heavy atom. The summed E-state index contributed by atoms with van der Waals surface area (Å²) in [4.78, 5) is 4.33. The average Bonchev–Trinajstić information content (AvgIpc) is 2.53. The first-order valence-corrected chi connectivity index (χ1v) is 6.83. The lowest BCUT2D eigenvalue weighted by Crippen LogP contribution is -2.05. The molecule has 0 radical (unpaired) electrons. The van der Waals surface area contributed by atoms with Crippen molar-refractivity contribution in [2.24, 2.45) is 5.73 Å². The molecule has 0 unspecified atom stereocenters. The smallest absolute Gasteiger partial charge is 0.134 e. The Morgan fingerprint density at radius 1 is 1.10 bits per heavy atom. The number of anilines is 1. The SMILES string of the molecule is NCc1ccc(CNc2nccc3ccccc23)c(F)c1. The Morgan fingerprint density at radius 2 is 1.95 bits per heavy atom. The van der Waals surface area contributed by atoms with Crippen LogP contribution in [0.2, 0.25) is 0 Å². The maximum Gasteiger partial charge on any atom is 0.134 e. The number of pyridine rings is 1. The van der Waals surface area contributed by atoms with Crippen molar-refractivity contribution in [2.45, 2.75) is 13.1 Å². The van der Waals surface area contributed by atoms with Gasteiger partial charge in [-0.1, -0.05) is 36.4 Å². The van der Waals surface area contributed by atoms with Crippen molar-refractivity contribution in [3.05, 3.63) is 71.7 Å². The van der Waals surface area contributed by atoms with E-state index in [0.29, 0.717) is 18.7 Å². The number of benzene rings is 2. The summed E-state index contributed by atoms with van der Waals surface area (Å²) in [5, 5.41) is 5.33. The minimum Gasteiger partial charge on any atom is -0.365 e. The van der Waals surface area contributed by atoms with E-state index in [0.717, 1.165) is 22.2 Å². The first kappa shape index (κ1) is 13.5. The van der Waals surface area contributed by atoms with Crippen molar-refractivity contribution < 1.29 is 4.39 Å². The molecular weight excluding hydrogens is 265 g/mol. The van der Waals surface area contributed by atoms with Crippen LogP contribution >= 0.6 is 0 Å². The molecule has 0 bridgehead atoms. The molecule has 4 heteroatoms. The molecule has 0 fully saturated rings. The standard InChI is InChI=1S/C17H16FN3/c18-16-9-12(10-19)5-6-14(16)11-21-17-15-4-2-1-3-13(15)7-8-20-17/h1-9H,10-11,19H2,(H,20,21). The number of nitrogens with zero attached hydrogens (tertiary/aromatic N) is 1. The molecule has 106 valence electrons. The van der Waals surface area contributed by atoms with Gasteiger partial charge in [0.2, 0.25) is 0 Å². The van der Waals surface area contributed by atoms with Gasteiger partial charge in [-0.15, -0.1) is 0 Å². The molecule has 3 aromatic rings. The highest BCUT2D eigenvalue weighted by molar-refractivity contribution is 5.91. The summed E-state index contributed by atoms with van der Waals surface area (Å²) >= 11 is 0. The molecule has 21 heavy (non-hydrogen) atoms. The van der Waals surface area contributed by atoms with E-state index in [9.17, 15) is 4.39 Å². The largest absolute Gasteiger partial charge is 0.365 e. The van der Waals surface area contributed by atoms with Crippen molar-refractivity contribution >= 4 is 16.6 Å². The summed E-state index contributed by atoms with van der Waals surface area (Å²) in [6.45, 7) is 0.729. The first-order chi connectivity index (χ1) is 10.3. The van der Waals surface area contributed by atoms with Crippen LogP contribution in [0.15, 0.2) is 54.7 Å². The van der Waals surface area contributed by atoms with Crippen molar-refractivity contribution in [3.8, 4) is 0 Å². The molecule has 3 nitrogen and oxygen atoms in total. The minimum absolute atomic E-state index is 0.245. The van der Waals surface area contributed by atoms with Crippen LogP contribution in [0.25, 0.3) is 10.8 Å². The molecule has 3 rings (SSSR count). The molecule has 0 saturated carbocycles. The second-order valence-corrected chi connectivity index (χ2v) is 4.86. The summed E-state index contributed by atoms with van der Waals surface area (Å²) in [5.41, 5.74) is 6.89. The molecule has 0 aliphatic carbocycles. The molecule has 0 saturated heterocycles. The topological polar surface area (TPSA) is 50.9 Å². The number of fused-ring (bicyclic) bond motifs is 1. The lowest BCUT2D eigenvalue weighted by atomic mass is 10.1. The fraction of sp³-hybridized carbons (Fsp3) is 0.118. The van der Waals surface area contributed by atoms with Crippen LogP contribution in [0.1, 0.15) is 11.1 Å². The van der Waals surface area contributed by atoms with Crippen LogP contribution < -0.4 is 11.1 Å². The van der Waals surface area contributed by atoms with Gasteiger partial charge in [0.1, 0.15) is 11.6 Å². The van der Waals surface area contributed by atoms with Crippen molar-refractivity contribution in [1.29, 1.82) is 0 Å². The third kappa shape index (κ3) is 2.85. The maximum atomic E-state index is 13.9. The molecule has 0 atom stereocenters. The highest BCUT2D eigenvalue weighted by atomic mass is 19.1. The zero-order valence-corrected chi connectivity index (χ0v) is 11.5. The number of rotatable bonds is 4.